The number of nitrogens with zero attached hydrogens (tertiary/aromatic N) is 2. The molecule has 0 aliphatic carbocycles. The predicted octanol–water partition coefficient (Wildman–Crippen LogP) is 1.74. The van der Waals surface area contributed by atoms with Crippen LogP contribution in [0.3, 0.4) is 0 Å². The Bertz CT molecular complexity index is 519. The molecular formula is C16H22FN3O. The van der Waals surface area contributed by atoms with Crippen molar-refractivity contribution in [2.75, 3.05) is 20.1 Å². The van der Waals surface area contributed by atoms with Gasteiger partial charge in [-0.05, 0) is 44.1 Å². The first kappa shape index (κ1) is 14.5. The van der Waals surface area contributed by atoms with Crippen molar-refractivity contribution in [1.29, 1.82) is 0 Å². The van der Waals surface area contributed by atoms with Crippen molar-refractivity contribution in [2.45, 2.75) is 38.0 Å². The third kappa shape index (κ3) is 2.68. The number of hydrogen-bond acceptors (Lipinski definition) is 3. The van der Waals surface area contributed by atoms with Crippen LogP contribution < -0.4 is 5.32 Å². The quantitative estimate of drug-likeness (QED) is 0.921. The molecule has 0 saturated carbocycles. The summed E-state index contributed by atoms with van der Waals surface area (Å²) in [6.07, 6.45) is 1.63. The average molecular weight is 291 g/mol. The van der Waals surface area contributed by atoms with Crippen LogP contribution in [-0.4, -0.2) is 47.9 Å². The second kappa shape index (κ2) is 5.73. The van der Waals surface area contributed by atoms with Gasteiger partial charge in [-0.1, -0.05) is 19.1 Å². The molecule has 5 heteroatoms. The van der Waals surface area contributed by atoms with Crippen molar-refractivity contribution in [3.8, 4) is 0 Å². The molecule has 0 spiro atoms. The summed E-state index contributed by atoms with van der Waals surface area (Å²) >= 11 is 0. The molecule has 3 atom stereocenters. The molecule has 21 heavy (non-hydrogen) atoms. The Labute approximate surface area is 124 Å². The van der Waals surface area contributed by atoms with E-state index >= 15 is 0 Å². The van der Waals surface area contributed by atoms with Crippen molar-refractivity contribution >= 4 is 5.91 Å². The van der Waals surface area contributed by atoms with E-state index in [2.05, 4.69) is 17.3 Å². The number of amides is 1. The van der Waals surface area contributed by atoms with Crippen LogP contribution in [0.15, 0.2) is 24.3 Å². The molecule has 1 aromatic carbocycles. The molecule has 2 saturated heterocycles. The highest BCUT2D eigenvalue weighted by atomic mass is 19.1. The van der Waals surface area contributed by atoms with Crippen LogP contribution in [0.1, 0.15) is 31.5 Å². The lowest BCUT2D eigenvalue weighted by molar-refractivity contribution is -0.132. The zero-order valence-electron chi connectivity index (χ0n) is 12.6. The molecule has 0 aromatic heterocycles. The summed E-state index contributed by atoms with van der Waals surface area (Å²) in [5, 5.41) is 3.40. The zero-order valence-corrected chi connectivity index (χ0v) is 12.6. The zero-order chi connectivity index (χ0) is 15.0. The van der Waals surface area contributed by atoms with Crippen LogP contribution in [-0.2, 0) is 4.79 Å². The molecular weight excluding hydrogens is 269 g/mol. The van der Waals surface area contributed by atoms with Crippen molar-refractivity contribution < 1.29 is 9.18 Å². The van der Waals surface area contributed by atoms with Crippen molar-refractivity contribution in [3.05, 3.63) is 35.6 Å². The van der Waals surface area contributed by atoms with Gasteiger partial charge in [0.1, 0.15) is 12.0 Å². The van der Waals surface area contributed by atoms with Crippen LogP contribution in [0.5, 0.6) is 0 Å². The fourth-order valence-electron chi connectivity index (χ4n) is 3.37. The summed E-state index contributed by atoms with van der Waals surface area (Å²) < 4.78 is 13.1. The van der Waals surface area contributed by atoms with Gasteiger partial charge in [-0.2, -0.15) is 0 Å². The van der Waals surface area contributed by atoms with Gasteiger partial charge in [0, 0.05) is 12.6 Å². The van der Waals surface area contributed by atoms with Crippen LogP contribution in [0.2, 0.25) is 0 Å². The number of carbonyl (C=O) groups is 1. The molecule has 0 bridgehead atoms. The SMILES string of the molecule is CCC1NC(c2ccc(F)cc2)N(C2CCN(C)C2)C1=O. The molecule has 1 aromatic rings. The van der Waals surface area contributed by atoms with E-state index in [1.165, 1.54) is 12.1 Å². The van der Waals surface area contributed by atoms with Crippen molar-refractivity contribution in [1.82, 2.24) is 15.1 Å². The number of rotatable bonds is 3. The van der Waals surface area contributed by atoms with Gasteiger partial charge >= 0.3 is 0 Å². The standard InChI is InChI=1S/C16H22FN3O/c1-3-14-16(21)20(13-8-9-19(2)10-13)15(18-14)11-4-6-12(17)7-5-11/h4-7,13-15,18H,3,8-10H2,1-2H3. The lowest BCUT2D eigenvalue weighted by Crippen LogP contribution is -2.41. The minimum Gasteiger partial charge on any atom is -0.317 e. The van der Waals surface area contributed by atoms with Gasteiger partial charge in [-0.25, -0.2) is 4.39 Å². The Morgan fingerprint density at radius 3 is 2.62 bits per heavy atom. The number of nitrogens with one attached hydrogen (secondary N) is 1. The van der Waals surface area contributed by atoms with Gasteiger partial charge in [0.2, 0.25) is 5.91 Å². The highest BCUT2D eigenvalue weighted by molar-refractivity contribution is 5.85. The van der Waals surface area contributed by atoms with Crippen molar-refractivity contribution in [3.63, 3.8) is 0 Å². The minimum absolute atomic E-state index is 0.133. The Balaban J connectivity index is 1.88. The maximum absolute atomic E-state index is 13.1. The number of likely N-dealkylation sites (tertiary alicyclic amines) is 1. The summed E-state index contributed by atoms with van der Waals surface area (Å²) in [6, 6.07) is 6.56. The number of benzene rings is 1. The molecule has 2 heterocycles. The molecule has 2 fully saturated rings. The molecule has 1 N–H and O–H groups in total. The lowest BCUT2D eigenvalue weighted by Gasteiger charge is -2.30. The van der Waals surface area contributed by atoms with Gasteiger partial charge in [0.25, 0.3) is 0 Å². The highest BCUT2D eigenvalue weighted by Gasteiger charge is 2.43. The number of carbonyl (C=O) groups excluding carboxylic acids is 1. The molecule has 4 nitrogen and oxygen atoms in total. The summed E-state index contributed by atoms with van der Waals surface area (Å²) in [6.45, 7) is 3.94. The maximum atomic E-state index is 13.1. The van der Waals surface area contributed by atoms with Gasteiger partial charge in [-0.15, -0.1) is 0 Å². The molecule has 3 rings (SSSR count). The third-order valence-electron chi connectivity index (χ3n) is 4.54. The lowest BCUT2D eigenvalue weighted by atomic mass is 10.1. The fraction of sp³-hybridized carbons (Fsp3) is 0.562. The number of halogens is 1. The Hall–Kier alpha value is -1.46. The first-order valence-electron chi connectivity index (χ1n) is 7.62. The van der Waals surface area contributed by atoms with E-state index in [0.29, 0.717) is 0 Å². The Morgan fingerprint density at radius 1 is 1.33 bits per heavy atom. The smallest absolute Gasteiger partial charge is 0.241 e. The first-order chi connectivity index (χ1) is 10.1. The Morgan fingerprint density at radius 2 is 2.05 bits per heavy atom. The van der Waals surface area contributed by atoms with Gasteiger partial charge in [-0.3, -0.25) is 10.1 Å². The van der Waals surface area contributed by atoms with Gasteiger partial charge in [0.15, 0.2) is 0 Å². The molecule has 2 aliphatic rings. The average Bonchev–Trinajstić information content (AvgIpc) is 3.03. The van der Waals surface area contributed by atoms with E-state index in [4.69, 9.17) is 0 Å². The molecule has 0 radical (unpaired) electrons. The van der Waals surface area contributed by atoms with Crippen molar-refractivity contribution in [2.24, 2.45) is 0 Å². The summed E-state index contributed by atoms with van der Waals surface area (Å²) in [7, 11) is 2.08. The molecule has 114 valence electrons. The number of hydrogen-bond donors (Lipinski definition) is 1. The van der Waals surface area contributed by atoms with Crippen LogP contribution in [0.4, 0.5) is 4.39 Å². The van der Waals surface area contributed by atoms with E-state index in [1.807, 2.05) is 11.8 Å². The van der Waals surface area contributed by atoms with E-state index in [0.717, 1.165) is 31.5 Å². The minimum atomic E-state index is -0.248. The second-order valence-electron chi connectivity index (χ2n) is 6.03. The third-order valence-corrected chi connectivity index (χ3v) is 4.54. The monoisotopic (exact) mass is 291 g/mol. The summed E-state index contributed by atoms with van der Waals surface area (Å²) in [5.41, 5.74) is 0.954. The van der Waals surface area contributed by atoms with Gasteiger partial charge in [0.05, 0.1) is 6.04 Å². The highest BCUT2D eigenvalue weighted by Crippen LogP contribution is 2.31. The first-order valence-corrected chi connectivity index (χ1v) is 7.62. The second-order valence-corrected chi connectivity index (χ2v) is 6.03. The molecule has 3 unspecified atom stereocenters. The topological polar surface area (TPSA) is 35.6 Å². The van der Waals surface area contributed by atoms with E-state index in [9.17, 15) is 9.18 Å². The van der Waals surface area contributed by atoms with Crippen LogP contribution >= 0.6 is 0 Å². The largest absolute Gasteiger partial charge is 0.317 e. The predicted molar refractivity (Wildman–Crippen MR) is 79.1 cm³/mol. The maximum Gasteiger partial charge on any atom is 0.241 e. The van der Waals surface area contributed by atoms with E-state index < -0.39 is 0 Å². The fourth-order valence-corrected chi connectivity index (χ4v) is 3.37. The molecule has 1 amide bonds. The van der Waals surface area contributed by atoms with Crippen LogP contribution in [0, 0.1) is 5.82 Å². The summed E-state index contributed by atoms with van der Waals surface area (Å²) in [4.78, 5) is 16.9. The summed E-state index contributed by atoms with van der Waals surface area (Å²) in [5.74, 6) is -0.0746. The normalized spacial score (nSPS) is 30.3. The van der Waals surface area contributed by atoms with E-state index in [-0.39, 0.29) is 30.0 Å². The van der Waals surface area contributed by atoms with Crippen LogP contribution in [0.25, 0.3) is 0 Å². The molecule has 2 aliphatic heterocycles. The van der Waals surface area contributed by atoms with Gasteiger partial charge < -0.3 is 9.80 Å². The van der Waals surface area contributed by atoms with E-state index in [1.54, 1.807) is 12.1 Å². The number of likely N-dealkylation sites (N-methyl/N-ethyl adjacent to an activating group) is 1. The Kier molecular flexibility index (Phi) is 3.95.